The summed E-state index contributed by atoms with van der Waals surface area (Å²) in [6.07, 6.45) is -0.556. The van der Waals surface area contributed by atoms with E-state index in [0.29, 0.717) is 6.54 Å². The second-order valence-corrected chi connectivity index (χ2v) is 4.29. The monoisotopic (exact) mass is 254 g/mol. The highest BCUT2D eigenvalue weighted by atomic mass is 16.4. The Bertz CT molecular complexity index is 370. The lowest BCUT2D eigenvalue weighted by molar-refractivity contribution is 0.0893. The highest BCUT2D eigenvalue weighted by Gasteiger charge is 2.12. The number of carbonyl (C=O) groups excluding carboxylic acids is 1. The first kappa shape index (κ1) is 14.7. The maximum atomic E-state index is 11.7. The molecule has 0 radical (unpaired) electrons. The van der Waals surface area contributed by atoms with Crippen LogP contribution < -0.4 is 5.32 Å². The van der Waals surface area contributed by atoms with Crippen molar-refractivity contribution < 1.29 is 14.3 Å². The third kappa shape index (κ3) is 4.50. The molecule has 0 aliphatic carbocycles. The molecule has 0 spiro atoms. The molecule has 5 heteroatoms. The minimum absolute atomic E-state index is 0.227. The highest BCUT2D eigenvalue weighted by molar-refractivity contribution is 5.91. The molecule has 1 amide bonds. The Morgan fingerprint density at radius 2 is 2.11 bits per heavy atom. The molecule has 1 heterocycles. The normalized spacial score (nSPS) is 12.7. The number of amides is 1. The number of rotatable bonds is 7. The van der Waals surface area contributed by atoms with Crippen molar-refractivity contribution in [3.8, 4) is 0 Å². The van der Waals surface area contributed by atoms with Crippen LogP contribution >= 0.6 is 0 Å². The van der Waals surface area contributed by atoms with Crippen molar-refractivity contribution in [1.82, 2.24) is 10.2 Å². The summed E-state index contributed by atoms with van der Waals surface area (Å²) in [5.74, 6) is 0.778. The van der Waals surface area contributed by atoms with Gasteiger partial charge in [0.25, 0.3) is 5.91 Å². The fourth-order valence-corrected chi connectivity index (χ4v) is 1.58. The average molecular weight is 254 g/mol. The van der Waals surface area contributed by atoms with Gasteiger partial charge in [0.1, 0.15) is 5.76 Å². The minimum Gasteiger partial charge on any atom is -0.455 e. The van der Waals surface area contributed by atoms with Crippen LogP contribution in [0.3, 0.4) is 0 Å². The smallest absolute Gasteiger partial charge is 0.287 e. The zero-order valence-corrected chi connectivity index (χ0v) is 11.3. The molecule has 0 saturated heterocycles. The number of nitrogens with zero attached hydrogens (tertiary/aromatic N) is 1. The number of hydrogen-bond donors (Lipinski definition) is 2. The minimum atomic E-state index is -0.556. The summed E-state index contributed by atoms with van der Waals surface area (Å²) in [5.41, 5.74) is 0. The van der Waals surface area contributed by atoms with Gasteiger partial charge in [-0.05, 0) is 32.1 Å². The molecular weight excluding hydrogens is 232 g/mol. The van der Waals surface area contributed by atoms with Crippen molar-refractivity contribution >= 4 is 5.91 Å². The zero-order valence-electron chi connectivity index (χ0n) is 11.3. The van der Waals surface area contributed by atoms with Gasteiger partial charge in [-0.15, -0.1) is 0 Å². The number of hydrogen-bond acceptors (Lipinski definition) is 4. The van der Waals surface area contributed by atoms with E-state index in [1.54, 1.807) is 13.0 Å². The molecule has 1 rings (SSSR count). The van der Waals surface area contributed by atoms with E-state index in [4.69, 9.17) is 9.52 Å². The van der Waals surface area contributed by atoms with Gasteiger partial charge in [-0.3, -0.25) is 9.69 Å². The van der Waals surface area contributed by atoms with E-state index in [2.05, 4.69) is 24.1 Å². The van der Waals surface area contributed by atoms with Gasteiger partial charge < -0.3 is 14.8 Å². The molecule has 0 fully saturated rings. The van der Waals surface area contributed by atoms with E-state index in [1.807, 2.05) is 6.07 Å². The molecule has 1 aromatic rings. The standard InChI is InChI=1S/C13H22N2O3/c1-4-15(5-2)9-11-6-7-12(18-11)13(17)14-8-10(3)16/h6-7,10,16H,4-5,8-9H2,1-3H3,(H,14,17)/t10-/m1/s1. The predicted octanol–water partition coefficient (Wildman–Crippen LogP) is 1.23. The lowest BCUT2D eigenvalue weighted by atomic mass is 10.3. The van der Waals surface area contributed by atoms with Crippen LogP contribution in [0.15, 0.2) is 16.5 Å². The van der Waals surface area contributed by atoms with Crippen LogP contribution in [0.2, 0.25) is 0 Å². The van der Waals surface area contributed by atoms with Gasteiger partial charge in [0, 0.05) is 6.54 Å². The van der Waals surface area contributed by atoms with E-state index in [-0.39, 0.29) is 18.2 Å². The highest BCUT2D eigenvalue weighted by Crippen LogP contribution is 2.10. The molecule has 0 bridgehead atoms. The molecule has 0 saturated carbocycles. The van der Waals surface area contributed by atoms with Crippen molar-refractivity contribution in [2.75, 3.05) is 19.6 Å². The Hall–Kier alpha value is -1.33. The molecule has 102 valence electrons. The number of aliphatic hydroxyl groups is 1. The number of aliphatic hydroxyl groups excluding tert-OH is 1. The number of nitrogens with one attached hydrogen (secondary N) is 1. The molecular formula is C13H22N2O3. The Labute approximate surface area is 108 Å². The number of carbonyl (C=O) groups is 1. The summed E-state index contributed by atoms with van der Waals surface area (Å²) < 4.78 is 5.48. The molecule has 2 N–H and O–H groups in total. The number of furan rings is 1. The van der Waals surface area contributed by atoms with Gasteiger partial charge in [0.05, 0.1) is 12.6 Å². The summed E-state index contributed by atoms with van der Waals surface area (Å²) in [4.78, 5) is 13.9. The van der Waals surface area contributed by atoms with Crippen LogP contribution in [0.1, 0.15) is 37.1 Å². The second-order valence-electron chi connectivity index (χ2n) is 4.29. The quantitative estimate of drug-likeness (QED) is 0.768. The van der Waals surface area contributed by atoms with Gasteiger partial charge in [-0.2, -0.15) is 0 Å². The van der Waals surface area contributed by atoms with Crippen molar-refractivity contribution in [2.45, 2.75) is 33.4 Å². The third-order valence-corrected chi connectivity index (χ3v) is 2.72. The summed E-state index contributed by atoms with van der Waals surface area (Å²) in [5, 5.41) is 11.7. The molecule has 0 aliphatic rings. The van der Waals surface area contributed by atoms with Crippen LogP contribution in [-0.2, 0) is 6.54 Å². The van der Waals surface area contributed by atoms with Gasteiger partial charge >= 0.3 is 0 Å². The predicted molar refractivity (Wildman–Crippen MR) is 69.3 cm³/mol. The fraction of sp³-hybridized carbons (Fsp3) is 0.615. The fourth-order valence-electron chi connectivity index (χ4n) is 1.58. The SMILES string of the molecule is CCN(CC)Cc1ccc(C(=O)NC[C@@H](C)O)o1. The maximum absolute atomic E-state index is 11.7. The van der Waals surface area contributed by atoms with E-state index in [9.17, 15) is 4.79 Å². The van der Waals surface area contributed by atoms with Gasteiger partial charge in [-0.25, -0.2) is 0 Å². The van der Waals surface area contributed by atoms with Gasteiger partial charge in [0.2, 0.25) is 0 Å². The van der Waals surface area contributed by atoms with Crippen LogP contribution in [-0.4, -0.2) is 41.7 Å². The van der Waals surface area contributed by atoms with Crippen LogP contribution in [0.4, 0.5) is 0 Å². The second kappa shape index (κ2) is 7.18. The van der Waals surface area contributed by atoms with E-state index in [1.165, 1.54) is 0 Å². The van der Waals surface area contributed by atoms with Crippen molar-refractivity contribution in [1.29, 1.82) is 0 Å². The topological polar surface area (TPSA) is 65.7 Å². The molecule has 0 aliphatic heterocycles. The first-order chi connectivity index (χ1) is 8.56. The summed E-state index contributed by atoms with van der Waals surface area (Å²) in [6, 6.07) is 3.48. The van der Waals surface area contributed by atoms with E-state index >= 15 is 0 Å². The molecule has 0 aromatic carbocycles. The summed E-state index contributed by atoms with van der Waals surface area (Å²) >= 11 is 0. The molecule has 0 unspecified atom stereocenters. The molecule has 18 heavy (non-hydrogen) atoms. The Morgan fingerprint density at radius 3 is 2.67 bits per heavy atom. The van der Waals surface area contributed by atoms with Crippen LogP contribution in [0.25, 0.3) is 0 Å². The van der Waals surface area contributed by atoms with Crippen molar-refractivity contribution in [3.05, 3.63) is 23.7 Å². The van der Waals surface area contributed by atoms with Gasteiger partial charge in [0.15, 0.2) is 5.76 Å². The van der Waals surface area contributed by atoms with Gasteiger partial charge in [-0.1, -0.05) is 13.8 Å². The average Bonchev–Trinajstić information content (AvgIpc) is 2.81. The van der Waals surface area contributed by atoms with Crippen molar-refractivity contribution in [2.24, 2.45) is 0 Å². The van der Waals surface area contributed by atoms with E-state index < -0.39 is 6.10 Å². The Balaban J connectivity index is 2.54. The summed E-state index contributed by atoms with van der Waals surface area (Å²) in [6.45, 7) is 8.61. The van der Waals surface area contributed by atoms with Crippen LogP contribution in [0, 0.1) is 0 Å². The lowest BCUT2D eigenvalue weighted by Gasteiger charge is -2.15. The first-order valence-corrected chi connectivity index (χ1v) is 6.34. The Morgan fingerprint density at radius 1 is 1.44 bits per heavy atom. The van der Waals surface area contributed by atoms with Crippen LogP contribution in [0.5, 0.6) is 0 Å². The van der Waals surface area contributed by atoms with Crippen molar-refractivity contribution in [3.63, 3.8) is 0 Å². The lowest BCUT2D eigenvalue weighted by Crippen LogP contribution is -2.30. The summed E-state index contributed by atoms with van der Waals surface area (Å²) in [7, 11) is 0. The third-order valence-electron chi connectivity index (χ3n) is 2.72. The molecule has 1 atom stereocenters. The van der Waals surface area contributed by atoms with E-state index in [0.717, 1.165) is 18.8 Å². The molecule has 1 aromatic heterocycles. The maximum Gasteiger partial charge on any atom is 0.287 e. The molecule has 5 nitrogen and oxygen atoms in total. The first-order valence-electron chi connectivity index (χ1n) is 6.34. The Kier molecular flexibility index (Phi) is 5.88. The zero-order chi connectivity index (χ0) is 13.5. The largest absolute Gasteiger partial charge is 0.455 e.